The van der Waals surface area contributed by atoms with E-state index in [1.54, 1.807) is 43.5 Å². The minimum absolute atomic E-state index is 0.217. The summed E-state index contributed by atoms with van der Waals surface area (Å²) in [4.78, 5) is 14.2. The summed E-state index contributed by atoms with van der Waals surface area (Å²) in [6.07, 6.45) is 1.00. The molecule has 0 saturated carbocycles. The van der Waals surface area contributed by atoms with Crippen LogP contribution in [0.5, 0.6) is 5.75 Å². The van der Waals surface area contributed by atoms with Crippen molar-refractivity contribution in [2.45, 2.75) is 6.42 Å². The topological polar surface area (TPSA) is 53.6 Å². The molecule has 1 atom stereocenters. The Kier molecular flexibility index (Phi) is 5.38. The monoisotopic (exact) mass is 343 g/mol. The first-order chi connectivity index (χ1) is 12.1. The second kappa shape index (κ2) is 7.88. The Morgan fingerprint density at radius 2 is 1.92 bits per heavy atom. The van der Waals surface area contributed by atoms with Gasteiger partial charge >= 0.3 is 6.03 Å². The van der Waals surface area contributed by atoms with Gasteiger partial charge in [0, 0.05) is 31.0 Å². The fourth-order valence-electron chi connectivity index (χ4n) is 2.97. The number of amides is 2. The fraction of sp³-hybridized carbons (Fsp3) is 0.316. The highest BCUT2D eigenvalue weighted by molar-refractivity contribution is 5.89. The lowest BCUT2D eigenvalue weighted by molar-refractivity contribution is 0.250. The van der Waals surface area contributed by atoms with E-state index in [0.29, 0.717) is 12.5 Å². The van der Waals surface area contributed by atoms with Gasteiger partial charge in [0.05, 0.1) is 7.11 Å². The lowest BCUT2D eigenvalue weighted by Crippen LogP contribution is -2.34. The number of rotatable bonds is 5. The first kappa shape index (κ1) is 17.1. The van der Waals surface area contributed by atoms with Gasteiger partial charge in [0.2, 0.25) is 0 Å². The van der Waals surface area contributed by atoms with E-state index in [-0.39, 0.29) is 11.8 Å². The largest absolute Gasteiger partial charge is 0.497 e. The second-order valence-corrected chi connectivity index (χ2v) is 6.14. The highest BCUT2D eigenvalue weighted by Gasteiger charge is 2.23. The van der Waals surface area contributed by atoms with Crippen LogP contribution in [-0.4, -0.2) is 32.8 Å². The van der Waals surface area contributed by atoms with Crippen molar-refractivity contribution in [3.05, 3.63) is 54.3 Å². The zero-order valence-corrected chi connectivity index (χ0v) is 14.2. The normalized spacial score (nSPS) is 16.6. The highest BCUT2D eigenvalue weighted by atomic mass is 19.1. The lowest BCUT2D eigenvalue weighted by Gasteiger charge is -2.19. The molecule has 1 unspecified atom stereocenters. The van der Waals surface area contributed by atoms with E-state index in [2.05, 4.69) is 15.5 Å². The number of hydrogen-bond acceptors (Lipinski definition) is 3. The molecule has 2 aromatic rings. The van der Waals surface area contributed by atoms with Crippen LogP contribution in [-0.2, 0) is 0 Å². The molecule has 25 heavy (non-hydrogen) atoms. The Morgan fingerprint density at radius 1 is 1.20 bits per heavy atom. The van der Waals surface area contributed by atoms with Gasteiger partial charge in [0.25, 0.3) is 0 Å². The summed E-state index contributed by atoms with van der Waals surface area (Å²) in [5, 5.41) is 5.72. The molecule has 0 aliphatic carbocycles. The summed E-state index contributed by atoms with van der Waals surface area (Å²) in [6.45, 7) is 2.38. The summed E-state index contributed by atoms with van der Waals surface area (Å²) < 4.78 is 18.1. The SMILES string of the molecule is COc1ccc(NC(=O)NCC2CCN(c3ccc(F)cc3)C2)cc1. The number of anilines is 2. The highest BCUT2D eigenvalue weighted by Crippen LogP contribution is 2.23. The van der Waals surface area contributed by atoms with Gasteiger partial charge in [-0.05, 0) is 60.9 Å². The van der Waals surface area contributed by atoms with Gasteiger partial charge in [-0.1, -0.05) is 0 Å². The average Bonchev–Trinajstić information content (AvgIpc) is 3.10. The van der Waals surface area contributed by atoms with Gasteiger partial charge < -0.3 is 20.3 Å². The number of hydrogen-bond donors (Lipinski definition) is 2. The standard InChI is InChI=1S/C19H22FN3O2/c1-25-18-8-4-16(5-9-18)22-19(24)21-12-14-10-11-23(13-14)17-6-2-15(20)3-7-17/h2-9,14H,10-13H2,1H3,(H2,21,22,24). The number of benzene rings is 2. The maximum absolute atomic E-state index is 13.0. The van der Waals surface area contributed by atoms with Gasteiger partial charge in [-0.25, -0.2) is 9.18 Å². The second-order valence-electron chi connectivity index (χ2n) is 6.14. The van der Waals surface area contributed by atoms with Crippen LogP contribution >= 0.6 is 0 Å². The molecule has 0 radical (unpaired) electrons. The number of methoxy groups -OCH3 is 1. The number of urea groups is 1. The van der Waals surface area contributed by atoms with Gasteiger partial charge in [-0.15, -0.1) is 0 Å². The quantitative estimate of drug-likeness (QED) is 0.874. The van der Waals surface area contributed by atoms with Crippen LogP contribution in [0.4, 0.5) is 20.6 Å². The summed E-state index contributed by atoms with van der Waals surface area (Å²) in [6, 6.07) is 13.5. The summed E-state index contributed by atoms with van der Waals surface area (Å²) in [5.41, 5.74) is 1.74. The van der Waals surface area contributed by atoms with Crippen LogP contribution in [0.2, 0.25) is 0 Å². The van der Waals surface area contributed by atoms with Gasteiger partial charge in [-0.2, -0.15) is 0 Å². The van der Waals surface area contributed by atoms with Crippen LogP contribution < -0.4 is 20.3 Å². The molecule has 0 bridgehead atoms. The molecular formula is C19H22FN3O2. The van der Waals surface area contributed by atoms with Crippen molar-refractivity contribution in [1.82, 2.24) is 5.32 Å². The molecule has 1 saturated heterocycles. The third kappa shape index (κ3) is 4.62. The van der Waals surface area contributed by atoms with E-state index >= 15 is 0 Å². The molecule has 2 amide bonds. The molecule has 2 N–H and O–H groups in total. The minimum atomic E-state index is -0.226. The number of ether oxygens (including phenoxy) is 1. The number of carbonyl (C=O) groups is 1. The summed E-state index contributed by atoms with van der Waals surface area (Å²) in [7, 11) is 1.60. The average molecular weight is 343 g/mol. The first-order valence-electron chi connectivity index (χ1n) is 8.33. The Hall–Kier alpha value is -2.76. The zero-order chi connectivity index (χ0) is 17.6. The summed E-state index contributed by atoms with van der Waals surface area (Å²) in [5.74, 6) is 0.904. The number of halogens is 1. The molecule has 132 valence electrons. The van der Waals surface area contributed by atoms with Crippen molar-refractivity contribution >= 4 is 17.4 Å². The molecule has 1 fully saturated rings. The van der Waals surface area contributed by atoms with E-state index in [9.17, 15) is 9.18 Å². The predicted octanol–water partition coefficient (Wildman–Crippen LogP) is 3.48. The van der Waals surface area contributed by atoms with Crippen LogP contribution in [0.15, 0.2) is 48.5 Å². The van der Waals surface area contributed by atoms with E-state index < -0.39 is 0 Å². The van der Waals surface area contributed by atoms with E-state index in [0.717, 1.165) is 36.6 Å². The molecule has 0 aromatic heterocycles. The molecule has 0 spiro atoms. The van der Waals surface area contributed by atoms with Crippen LogP contribution in [0.1, 0.15) is 6.42 Å². The molecule has 1 heterocycles. The van der Waals surface area contributed by atoms with E-state index in [1.807, 2.05) is 0 Å². The van der Waals surface area contributed by atoms with Crippen molar-refractivity contribution in [2.75, 3.05) is 37.0 Å². The van der Waals surface area contributed by atoms with Crippen LogP contribution in [0.25, 0.3) is 0 Å². The van der Waals surface area contributed by atoms with Crippen molar-refractivity contribution in [3.63, 3.8) is 0 Å². The smallest absolute Gasteiger partial charge is 0.319 e. The Morgan fingerprint density at radius 3 is 2.60 bits per heavy atom. The lowest BCUT2D eigenvalue weighted by atomic mass is 10.1. The van der Waals surface area contributed by atoms with Crippen LogP contribution in [0, 0.1) is 11.7 Å². The van der Waals surface area contributed by atoms with Gasteiger partial charge in [0.1, 0.15) is 11.6 Å². The predicted molar refractivity (Wildman–Crippen MR) is 96.7 cm³/mol. The van der Waals surface area contributed by atoms with Crippen LogP contribution in [0.3, 0.4) is 0 Å². The molecule has 6 heteroatoms. The molecule has 1 aliphatic heterocycles. The fourth-order valence-corrected chi connectivity index (χ4v) is 2.97. The first-order valence-corrected chi connectivity index (χ1v) is 8.33. The van der Waals surface area contributed by atoms with Gasteiger partial charge in [0.15, 0.2) is 0 Å². The Labute approximate surface area is 146 Å². The van der Waals surface area contributed by atoms with Crippen molar-refractivity contribution < 1.29 is 13.9 Å². The number of carbonyl (C=O) groups excluding carboxylic acids is 1. The van der Waals surface area contributed by atoms with Gasteiger partial charge in [-0.3, -0.25) is 0 Å². The third-order valence-electron chi connectivity index (χ3n) is 4.38. The summed E-state index contributed by atoms with van der Waals surface area (Å²) >= 11 is 0. The maximum Gasteiger partial charge on any atom is 0.319 e. The number of nitrogens with zero attached hydrogens (tertiary/aromatic N) is 1. The maximum atomic E-state index is 13.0. The van der Waals surface area contributed by atoms with E-state index in [1.165, 1.54) is 12.1 Å². The molecule has 3 rings (SSSR count). The minimum Gasteiger partial charge on any atom is -0.497 e. The van der Waals surface area contributed by atoms with Crippen molar-refractivity contribution in [2.24, 2.45) is 5.92 Å². The zero-order valence-electron chi connectivity index (χ0n) is 14.2. The Balaban J connectivity index is 1.44. The number of nitrogens with one attached hydrogen (secondary N) is 2. The van der Waals surface area contributed by atoms with Crippen molar-refractivity contribution in [3.8, 4) is 5.75 Å². The van der Waals surface area contributed by atoms with Crippen molar-refractivity contribution in [1.29, 1.82) is 0 Å². The molecule has 5 nitrogen and oxygen atoms in total. The third-order valence-corrected chi connectivity index (χ3v) is 4.38. The van der Waals surface area contributed by atoms with E-state index in [4.69, 9.17) is 4.74 Å². The Bertz CT molecular complexity index is 704. The molecule has 2 aromatic carbocycles. The molecular weight excluding hydrogens is 321 g/mol. The molecule has 1 aliphatic rings.